The Hall–Kier alpha value is -0.820. The average Bonchev–Trinajstić information content (AvgIpc) is 2.78. The van der Waals surface area contributed by atoms with E-state index in [9.17, 15) is 0 Å². The molecule has 1 nitrogen and oxygen atoms in total. The maximum atomic E-state index is 7.96. The monoisotopic (exact) mass is 147 g/mol. The van der Waals surface area contributed by atoms with Crippen molar-refractivity contribution in [1.29, 1.82) is 0 Å². The van der Waals surface area contributed by atoms with Crippen molar-refractivity contribution < 1.29 is 6.11 Å². The molecule has 1 saturated heterocycles. The Morgan fingerprint density at radius 3 is 3.36 bits per heavy atom. The lowest BCUT2D eigenvalue weighted by Crippen LogP contribution is -2.03. The molecular formula is C10H10O. The zero-order chi connectivity index (χ0) is 8.18. The third kappa shape index (κ3) is 0.746. The molecule has 11 heavy (non-hydrogen) atoms. The minimum Gasteiger partial charge on any atom is -0.364 e. The van der Waals surface area contributed by atoms with Gasteiger partial charge in [-0.2, -0.15) is 0 Å². The number of hydrogen-bond acceptors (Lipinski definition) is 1. The molecule has 56 valence electrons. The molecule has 1 fully saturated rings. The summed E-state index contributed by atoms with van der Waals surface area (Å²) >= 11 is 0. The van der Waals surface area contributed by atoms with Crippen molar-refractivity contribution in [3.63, 3.8) is 0 Å². The van der Waals surface area contributed by atoms with Gasteiger partial charge in [-0.25, -0.2) is 0 Å². The van der Waals surface area contributed by atoms with Crippen LogP contribution in [0.25, 0.3) is 0 Å². The number of benzene rings is 1. The highest BCUT2D eigenvalue weighted by atomic mass is 16.6. The molecule has 1 heterocycles. The van der Waals surface area contributed by atoms with Gasteiger partial charge in [-0.15, -0.1) is 0 Å². The second kappa shape index (κ2) is 1.86. The summed E-state index contributed by atoms with van der Waals surface area (Å²) in [6.45, 7) is 0. The van der Waals surface area contributed by atoms with Crippen LogP contribution in [-0.2, 0) is 11.2 Å². The maximum absolute atomic E-state index is 7.96. The summed E-state index contributed by atoms with van der Waals surface area (Å²) in [5, 5.41) is 0. The highest BCUT2D eigenvalue weighted by Crippen LogP contribution is 2.46. The normalized spacial score (nSPS) is 40.4. The smallest absolute Gasteiger partial charge is 0.109 e. The van der Waals surface area contributed by atoms with Crippen molar-refractivity contribution in [1.82, 2.24) is 0 Å². The molecule has 1 aliphatic heterocycles. The zero-order valence-electron chi connectivity index (χ0n) is 7.21. The van der Waals surface area contributed by atoms with E-state index in [0.717, 1.165) is 18.4 Å². The first kappa shape index (κ1) is 4.94. The van der Waals surface area contributed by atoms with Crippen LogP contribution in [0.3, 0.4) is 0 Å². The van der Waals surface area contributed by atoms with Crippen molar-refractivity contribution in [2.75, 3.05) is 0 Å². The summed E-state index contributed by atoms with van der Waals surface area (Å²) in [7, 11) is 0. The quantitative estimate of drug-likeness (QED) is 0.512. The van der Waals surface area contributed by atoms with E-state index in [2.05, 4.69) is 6.07 Å². The first-order valence-corrected chi connectivity index (χ1v) is 4.07. The SMILES string of the molecule is [2H][C@]12O[C@H]1CCc1ccccc12. The summed E-state index contributed by atoms with van der Waals surface area (Å²) in [5.74, 6) is 0. The van der Waals surface area contributed by atoms with Gasteiger partial charge in [-0.05, 0) is 24.0 Å². The van der Waals surface area contributed by atoms with Crippen molar-refractivity contribution in [3.05, 3.63) is 35.4 Å². The number of ether oxygens (including phenoxy) is 1. The highest BCUT2D eigenvalue weighted by molar-refractivity contribution is 5.35. The largest absolute Gasteiger partial charge is 0.364 e. The Bertz CT molecular complexity index is 334. The molecule has 1 aromatic carbocycles. The van der Waals surface area contributed by atoms with Gasteiger partial charge in [-0.1, -0.05) is 24.3 Å². The van der Waals surface area contributed by atoms with Gasteiger partial charge in [0.1, 0.15) is 6.08 Å². The van der Waals surface area contributed by atoms with E-state index in [4.69, 9.17) is 6.11 Å². The fraction of sp³-hybridized carbons (Fsp3) is 0.400. The molecule has 1 aromatic rings. The Kier molecular flexibility index (Phi) is 0.834. The van der Waals surface area contributed by atoms with E-state index in [0.29, 0.717) is 0 Å². The van der Waals surface area contributed by atoms with E-state index in [1.807, 2.05) is 18.2 Å². The van der Waals surface area contributed by atoms with E-state index in [1.165, 1.54) is 5.56 Å². The third-order valence-electron chi connectivity index (χ3n) is 2.46. The van der Waals surface area contributed by atoms with Gasteiger partial charge in [-0.3, -0.25) is 0 Å². The lowest BCUT2D eigenvalue weighted by Gasteiger charge is -2.09. The van der Waals surface area contributed by atoms with Crippen LogP contribution in [0.4, 0.5) is 0 Å². The van der Waals surface area contributed by atoms with Gasteiger partial charge >= 0.3 is 0 Å². The van der Waals surface area contributed by atoms with Crippen LogP contribution in [0.15, 0.2) is 24.3 Å². The molecule has 2 atom stereocenters. The molecule has 0 unspecified atom stereocenters. The summed E-state index contributed by atoms with van der Waals surface area (Å²) in [6, 6.07) is 8.13. The predicted octanol–water partition coefficient (Wildman–Crippen LogP) is 2.07. The van der Waals surface area contributed by atoms with Gasteiger partial charge in [0.25, 0.3) is 0 Å². The standard InChI is InChI=1S/C10H10O/c1-2-4-8-7(3-1)5-6-9-10(8)11-9/h1-4,9-10H,5-6H2/t9-,10+/m0/s1/i10D. The van der Waals surface area contributed by atoms with Crippen LogP contribution in [-0.4, -0.2) is 6.10 Å². The summed E-state index contributed by atoms with van der Waals surface area (Å²) in [4.78, 5) is 0. The van der Waals surface area contributed by atoms with Crippen LogP contribution in [0, 0.1) is 0 Å². The van der Waals surface area contributed by atoms with Crippen molar-refractivity contribution in [2.45, 2.75) is 25.0 Å². The fourth-order valence-corrected chi connectivity index (χ4v) is 1.81. The predicted molar refractivity (Wildman–Crippen MR) is 42.4 cm³/mol. The third-order valence-corrected chi connectivity index (χ3v) is 2.46. The van der Waals surface area contributed by atoms with Gasteiger partial charge in [0.2, 0.25) is 0 Å². The first-order chi connectivity index (χ1) is 5.81. The Morgan fingerprint density at radius 2 is 2.36 bits per heavy atom. The van der Waals surface area contributed by atoms with Crippen LogP contribution in [0.5, 0.6) is 0 Å². The molecule has 0 radical (unpaired) electrons. The molecule has 0 bridgehead atoms. The lowest BCUT2D eigenvalue weighted by atomic mass is 9.92. The van der Waals surface area contributed by atoms with Crippen LogP contribution >= 0.6 is 0 Å². The van der Waals surface area contributed by atoms with E-state index in [-0.39, 0.29) is 6.10 Å². The van der Waals surface area contributed by atoms with Gasteiger partial charge < -0.3 is 4.74 Å². The van der Waals surface area contributed by atoms with Crippen molar-refractivity contribution in [2.24, 2.45) is 0 Å². The molecular weight excluding hydrogens is 136 g/mol. The molecule has 1 aliphatic carbocycles. The molecule has 3 rings (SSSR count). The minimum atomic E-state index is -0.672. The topological polar surface area (TPSA) is 12.5 Å². The maximum Gasteiger partial charge on any atom is 0.109 e. The van der Waals surface area contributed by atoms with Crippen LogP contribution < -0.4 is 0 Å². The molecule has 1 heteroatoms. The van der Waals surface area contributed by atoms with Crippen molar-refractivity contribution >= 4 is 0 Å². The van der Waals surface area contributed by atoms with Crippen LogP contribution in [0.2, 0.25) is 0 Å². The Balaban J connectivity index is 2.19. The summed E-state index contributed by atoms with van der Waals surface area (Å²) in [6.07, 6.45) is 1.59. The number of rotatable bonds is 0. The fourth-order valence-electron chi connectivity index (χ4n) is 1.81. The zero-order valence-corrected chi connectivity index (χ0v) is 6.21. The minimum absolute atomic E-state index is 0.174. The van der Waals surface area contributed by atoms with Gasteiger partial charge in [0.05, 0.1) is 7.47 Å². The second-order valence-electron chi connectivity index (χ2n) is 3.17. The Labute approximate surface area is 67.4 Å². The number of fused-ring (bicyclic) bond motifs is 3. The first-order valence-electron chi connectivity index (χ1n) is 4.57. The van der Waals surface area contributed by atoms with E-state index < -0.39 is 6.08 Å². The van der Waals surface area contributed by atoms with Crippen molar-refractivity contribution in [3.8, 4) is 0 Å². The molecule has 0 amide bonds. The van der Waals surface area contributed by atoms with E-state index in [1.54, 1.807) is 0 Å². The van der Waals surface area contributed by atoms with Gasteiger partial charge in [0.15, 0.2) is 0 Å². The molecule has 0 saturated carbocycles. The second-order valence-corrected chi connectivity index (χ2v) is 3.17. The molecule has 2 aliphatic rings. The number of epoxide rings is 1. The number of aryl methyl sites for hydroxylation is 1. The number of hydrogen-bond donors (Lipinski definition) is 0. The molecule has 0 spiro atoms. The molecule has 0 N–H and O–H groups in total. The van der Waals surface area contributed by atoms with Gasteiger partial charge in [0, 0.05) is 0 Å². The summed E-state index contributed by atoms with van der Waals surface area (Å²) in [5.41, 5.74) is 2.38. The van der Waals surface area contributed by atoms with Crippen LogP contribution in [0.1, 0.15) is 25.0 Å². The molecule has 0 aromatic heterocycles. The average molecular weight is 147 g/mol. The lowest BCUT2D eigenvalue weighted by molar-refractivity contribution is 0.373. The highest BCUT2D eigenvalue weighted by Gasteiger charge is 2.43. The summed E-state index contributed by atoms with van der Waals surface area (Å²) < 4.78 is 13.3. The Morgan fingerprint density at radius 1 is 1.45 bits per heavy atom. The van der Waals surface area contributed by atoms with E-state index >= 15 is 0 Å².